The van der Waals surface area contributed by atoms with Crippen molar-refractivity contribution < 1.29 is 0 Å². The highest BCUT2D eigenvalue weighted by Crippen LogP contribution is 2.30. The van der Waals surface area contributed by atoms with Crippen LogP contribution >= 0.6 is 22.6 Å². The molecule has 0 spiro atoms. The molecular weight excluding hydrogens is 447 g/mol. The fraction of sp³-hybridized carbons (Fsp3) is 0.0455. The van der Waals surface area contributed by atoms with E-state index in [0.29, 0.717) is 0 Å². The molecule has 0 atom stereocenters. The number of benzene rings is 3. The van der Waals surface area contributed by atoms with Crippen molar-refractivity contribution in [1.29, 1.82) is 0 Å². The minimum atomic E-state index is 0.891. The van der Waals surface area contributed by atoms with Gasteiger partial charge in [-0.05, 0) is 70.6 Å². The minimum Gasteiger partial charge on any atom is -0.327 e. The summed E-state index contributed by atoms with van der Waals surface area (Å²) in [6, 6.07) is 22.5. The molecule has 3 aromatic carbocycles. The average Bonchev–Trinajstić information content (AvgIpc) is 2.96. The highest BCUT2D eigenvalue weighted by Gasteiger charge is 2.12. The molecule has 130 valence electrons. The first-order valence-electron chi connectivity index (χ1n) is 8.64. The minimum absolute atomic E-state index is 0.891. The van der Waals surface area contributed by atoms with E-state index >= 15 is 0 Å². The van der Waals surface area contributed by atoms with Gasteiger partial charge in [0.15, 0.2) is 5.65 Å². The molecule has 0 aliphatic carbocycles. The largest absolute Gasteiger partial charge is 0.327 e. The number of hydrogen-bond donors (Lipinski definition) is 0. The molecular formula is C22H15IN4. The average molecular weight is 462 g/mol. The van der Waals surface area contributed by atoms with E-state index in [1.54, 1.807) is 0 Å². The van der Waals surface area contributed by atoms with E-state index in [1.165, 1.54) is 3.57 Å². The third-order valence-corrected chi connectivity index (χ3v) is 5.35. The Hall–Kier alpha value is -2.80. The number of halogens is 1. The molecule has 27 heavy (non-hydrogen) atoms. The maximum atomic E-state index is 4.86. The molecule has 0 radical (unpaired) electrons. The molecule has 0 unspecified atom stereocenters. The number of nitrogens with zero attached hydrogens (tertiary/aromatic N) is 4. The van der Waals surface area contributed by atoms with E-state index in [1.807, 2.05) is 49.7 Å². The van der Waals surface area contributed by atoms with Gasteiger partial charge in [-0.2, -0.15) is 0 Å². The second-order valence-electron chi connectivity index (χ2n) is 6.46. The Bertz CT molecular complexity index is 1350. The Morgan fingerprint density at radius 1 is 0.926 bits per heavy atom. The zero-order valence-electron chi connectivity index (χ0n) is 14.6. The van der Waals surface area contributed by atoms with Crippen LogP contribution in [0.25, 0.3) is 33.1 Å². The first-order valence-corrected chi connectivity index (χ1v) is 9.71. The van der Waals surface area contributed by atoms with Crippen molar-refractivity contribution in [2.24, 2.45) is 12.0 Å². The summed E-state index contributed by atoms with van der Waals surface area (Å²) in [4.78, 5) is 14.3. The molecule has 5 aromatic rings. The zero-order valence-corrected chi connectivity index (χ0v) is 16.8. The number of hydrogen-bond acceptors (Lipinski definition) is 3. The van der Waals surface area contributed by atoms with Gasteiger partial charge < -0.3 is 4.57 Å². The van der Waals surface area contributed by atoms with Crippen molar-refractivity contribution in [3.8, 4) is 0 Å². The van der Waals surface area contributed by atoms with E-state index < -0.39 is 0 Å². The van der Waals surface area contributed by atoms with Crippen LogP contribution in [0.3, 0.4) is 0 Å². The van der Waals surface area contributed by atoms with Crippen molar-refractivity contribution in [2.75, 3.05) is 0 Å². The van der Waals surface area contributed by atoms with Crippen LogP contribution in [-0.4, -0.2) is 20.7 Å². The van der Waals surface area contributed by atoms with Gasteiger partial charge in [-0.3, -0.25) is 4.99 Å². The number of aromatic nitrogens is 3. The maximum Gasteiger partial charge on any atom is 0.160 e. The molecule has 0 saturated heterocycles. The summed E-state index contributed by atoms with van der Waals surface area (Å²) in [6.45, 7) is 0. The predicted molar refractivity (Wildman–Crippen MR) is 120 cm³/mol. The normalized spacial score (nSPS) is 11.9. The quantitative estimate of drug-likeness (QED) is 0.252. The van der Waals surface area contributed by atoms with Gasteiger partial charge in [-0.1, -0.05) is 24.3 Å². The molecule has 0 fully saturated rings. The summed E-state index contributed by atoms with van der Waals surface area (Å²) in [5.74, 6) is 0. The molecule has 0 bridgehead atoms. The van der Waals surface area contributed by atoms with E-state index in [4.69, 9.17) is 9.97 Å². The predicted octanol–water partition coefficient (Wildman–Crippen LogP) is 5.63. The zero-order chi connectivity index (χ0) is 18.4. The second kappa shape index (κ2) is 6.42. The first-order chi connectivity index (χ1) is 13.2. The van der Waals surface area contributed by atoms with Crippen LogP contribution in [0, 0.1) is 3.57 Å². The Kier molecular flexibility index (Phi) is 3.89. The van der Waals surface area contributed by atoms with Gasteiger partial charge in [0.2, 0.25) is 0 Å². The smallest absolute Gasteiger partial charge is 0.160 e. The lowest BCUT2D eigenvalue weighted by Crippen LogP contribution is -1.91. The van der Waals surface area contributed by atoms with Gasteiger partial charge in [0.1, 0.15) is 5.52 Å². The van der Waals surface area contributed by atoms with Crippen LogP contribution in [0.2, 0.25) is 0 Å². The van der Waals surface area contributed by atoms with E-state index in [2.05, 4.69) is 62.5 Å². The molecule has 5 heteroatoms. The van der Waals surface area contributed by atoms with Gasteiger partial charge in [-0.15, -0.1) is 0 Å². The van der Waals surface area contributed by atoms with Crippen LogP contribution in [-0.2, 0) is 7.05 Å². The van der Waals surface area contributed by atoms with Gasteiger partial charge in [0.05, 0.1) is 22.2 Å². The van der Waals surface area contributed by atoms with Crippen molar-refractivity contribution in [3.63, 3.8) is 0 Å². The SMILES string of the molecule is Cn1c2ccc(N=Cc3cccc(I)c3)cc2c2nc3ccccc3nc21. The van der Waals surface area contributed by atoms with E-state index in [-0.39, 0.29) is 0 Å². The van der Waals surface area contributed by atoms with Gasteiger partial charge in [-0.25, -0.2) is 9.97 Å². The number of aliphatic imine (C=N–C) groups is 1. The summed E-state index contributed by atoms with van der Waals surface area (Å²) in [5, 5.41) is 1.07. The molecule has 0 amide bonds. The highest BCUT2D eigenvalue weighted by molar-refractivity contribution is 14.1. The lowest BCUT2D eigenvalue weighted by Gasteiger charge is -1.98. The number of aryl methyl sites for hydroxylation is 1. The Balaban J connectivity index is 1.68. The van der Waals surface area contributed by atoms with Crippen LogP contribution in [0.4, 0.5) is 5.69 Å². The molecule has 2 heterocycles. The summed E-state index contributed by atoms with van der Waals surface area (Å²) < 4.78 is 3.29. The molecule has 0 saturated carbocycles. The lowest BCUT2D eigenvalue weighted by atomic mass is 10.2. The standard InChI is InChI=1S/C22H15IN4/c1-27-20-10-9-16(24-13-14-5-4-6-15(23)11-14)12-17(20)21-22(27)26-19-8-3-2-7-18(19)25-21/h2-13H,1H3. The Labute approximate surface area is 169 Å². The molecule has 2 aromatic heterocycles. The third kappa shape index (κ3) is 2.88. The maximum absolute atomic E-state index is 4.86. The topological polar surface area (TPSA) is 43.1 Å². The molecule has 0 aliphatic rings. The highest BCUT2D eigenvalue weighted by atomic mass is 127. The fourth-order valence-electron chi connectivity index (χ4n) is 3.34. The molecule has 4 nitrogen and oxygen atoms in total. The number of para-hydroxylation sites is 2. The summed E-state index contributed by atoms with van der Waals surface area (Å²) in [6.07, 6.45) is 1.90. The fourth-order valence-corrected chi connectivity index (χ4v) is 3.91. The van der Waals surface area contributed by atoms with Gasteiger partial charge in [0, 0.05) is 22.2 Å². The van der Waals surface area contributed by atoms with Crippen molar-refractivity contribution in [1.82, 2.24) is 14.5 Å². The van der Waals surface area contributed by atoms with Crippen molar-refractivity contribution in [3.05, 3.63) is 75.9 Å². The summed E-state index contributed by atoms with van der Waals surface area (Å²) in [5.41, 5.74) is 6.72. The van der Waals surface area contributed by atoms with Gasteiger partial charge in [0.25, 0.3) is 0 Å². The molecule has 0 aliphatic heterocycles. The number of fused-ring (bicyclic) bond motifs is 4. The number of rotatable bonds is 2. The summed E-state index contributed by atoms with van der Waals surface area (Å²) in [7, 11) is 2.03. The molecule has 5 rings (SSSR count). The van der Waals surface area contributed by atoms with Crippen molar-refractivity contribution >= 4 is 67.6 Å². The molecule has 0 N–H and O–H groups in total. The second-order valence-corrected chi connectivity index (χ2v) is 7.70. The first kappa shape index (κ1) is 16.4. The van der Waals surface area contributed by atoms with Crippen molar-refractivity contribution in [2.45, 2.75) is 0 Å². The Morgan fingerprint density at radius 3 is 2.56 bits per heavy atom. The summed E-state index contributed by atoms with van der Waals surface area (Å²) >= 11 is 2.31. The van der Waals surface area contributed by atoms with Crippen LogP contribution in [0.5, 0.6) is 0 Å². The van der Waals surface area contributed by atoms with Crippen LogP contribution < -0.4 is 0 Å². The lowest BCUT2D eigenvalue weighted by molar-refractivity contribution is 0.992. The van der Waals surface area contributed by atoms with Crippen LogP contribution in [0.15, 0.2) is 71.7 Å². The Morgan fingerprint density at radius 2 is 1.74 bits per heavy atom. The van der Waals surface area contributed by atoms with Gasteiger partial charge >= 0.3 is 0 Å². The third-order valence-electron chi connectivity index (χ3n) is 4.68. The van der Waals surface area contributed by atoms with E-state index in [0.717, 1.165) is 44.4 Å². The van der Waals surface area contributed by atoms with Crippen LogP contribution in [0.1, 0.15) is 5.56 Å². The van der Waals surface area contributed by atoms with E-state index in [9.17, 15) is 0 Å². The monoisotopic (exact) mass is 462 g/mol.